The molecule has 3 heterocycles. The topological polar surface area (TPSA) is 85.2 Å². The zero-order valence-electron chi connectivity index (χ0n) is 15.0. The van der Waals surface area contributed by atoms with Crippen LogP contribution in [0, 0.1) is 6.92 Å². The van der Waals surface area contributed by atoms with E-state index in [2.05, 4.69) is 33.4 Å². The fourth-order valence-corrected chi connectivity index (χ4v) is 2.94. The van der Waals surface area contributed by atoms with Gasteiger partial charge in [0.05, 0.1) is 24.1 Å². The first-order valence-corrected chi connectivity index (χ1v) is 8.80. The molecule has 4 rings (SSSR count). The molecule has 1 saturated heterocycles. The quantitative estimate of drug-likeness (QED) is 0.723. The van der Waals surface area contributed by atoms with Gasteiger partial charge in [0, 0.05) is 31.0 Å². The molecular formula is C19H20N6O2. The van der Waals surface area contributed by atoms with Gasteiger partial charge in [0.15, 0.2) is 0 Å². The minimum absolute atomic E-state index is 0.268. The highest BCUT2D eigenvalue weighted by Crippen LogP contribution is 2.20. The molecule has 3 aromatic rings. The first-order chi connectivity index (χ1) is 13.2. The lowest BCUT2D eigenvalue weighted by molar-refractivity contribution is 0.159. The Bertz CT molecular complexity index is 955. The number of ether oxygens (including phenoxy) is 1. The summed E-state index contributed by atoms with van der Waals surface area (Å²) in [6, 6.07) is 9.93. The number of amides is 1. The van der Waals surface area contributed by atoms with E-state index in [-0.39, 0.29) is 6.09 Å². The fourth-order valence-electron chi connectivity index (χ4n) is 2.94. The molecule has 0 atom stereocenters. The van der Waals surface area contributed by atoms with Gasteiger partial charge in [-0.1, -0.05) is 18.2 Å². The Morgan fingerprint density at radius 1 is 1.26 bits per heavy atom. The summed E-state index contributed by atoms with van der Waals surface area (Å²) in [6.07, 6.45) is 5.18. The third kappa shape index (κ3) is 3.74. The van der Waals surface area contributed by atoms with Crippen molar-refractivity contribution in [3.63, 3.8) is 0 Å². The van der Waals surface area contributed by atoms with Gasteiger partial charge >= 0.3 is 6.09 Å². The summed E-state index contributed by atoms with van der Waals surface area (Å²) in [5.41, 5.74) is 3.88. The van der Waals surface area contributed by atoms with Crippen LogP contribution >= 0.6 is 0 Å². The van der Waals surface area contributed by atoms with Crippen LogP contribution in [0.2, 0.25) is 0 Å². The van der Waals surface area contributed by atoms with Crippen LogP contribution in [-0.4, -0.2) is 57.0 Å². The Morgan fingerprint density at radius 2 is 2.15 bits per heavy atom. The predicted molar refractivity (Wildman–Crippen MR) is 101 cm³/mol. The van der Waals surface area contributed by atoms with Gasteiger partial charge in [-0.05, 0) is 24.6 Å². The zero-order chi connectivity index (χ0) is 18.6. The first-order valence-electron chi connectivity index (χ1n) is 8.80. The molecule has 1 fully saturated rings. The Hall–Kier alpha value is -3.42. The third-order valence-electron chi connectivity index (χ3n) is 4.41. The summed E-state index contributed by atoms with van der Waals surface area (Å²) in [5.74, 6) is 0.517. The summed E-state index contributed by atoms with van der Waals surface area (Å²) in [5, 5.41) is 7.60. The predicted octanol–water partition coefficient (Wildman–Crippen LogP) is 2.50. The lowest BCUT2D eigenvalue weighted by Gasteiger charge is -2.12. The number of rotatable bonds is 6. The summed E-state index contributed by atoms with van der Waals surface area (Å²) in [6.45, 7) is 4.24. The van der Waals surface area contributed by atoms with Crippen molar-refractivity contribution in [2.75, 3.05) is 31.6 Å². The minimum atomic E-state index is -0.268. The van der Waals surface area contributed by atoms with E-state index in [4.69, 9.17) is 4.74 Å². The molecule has 0 unspecified atom stereocenters. The Morgan fingerprint density at radius 3 is 2.96 bits per heavy atom. The highest BCUT2D eigenvalue weighted by atomic mass is 16.6. The molecule has 0 saturated carbocycles. The molecule has 1 aliphatic rings. The standard InChI is InChI=1S/C19H20N6O2/c1-14-4-2-3-5-17(14)25-13-15(12-22-25)16-6-7-20-18(23-16)21-8-9-24-10-11-27-19(24)26/h2-7,12-13H,8-11H2,1H3,(H,20,21,23). The molecule has 2 aromatic heterocycles. The van der Waals surface area contributed by atoms with Gasteiger partial charge < -0.3 is 15.0 Å². The lowest BCUT2D eigenvalue weighted by Crippen LogP contribution is -2.30. The van der Waals surface area contributed by atoms with Crippen molar-refractivity contribution < 1.29 is 9.53 Å². The van der Waals surface area contributed by atoms with Crippen molar-refractivity contribution in [3.05, 3.63) is 54.5 Å². The molecule has 1 N–H and O–H groups in total. The van der Waals surface area contributed by atoms with Crippen molar-refractivity contribution in [1.82, 2.24) is 24.6 Å². The lowest BCUT2D eigenvalue weighted by atomic mass is 10.2. The van der Waals surface area contributed by atoms with Crippen LogP contribution in [0.5, 0.6) is 0 Å². The number of para-hydroxylation sites is 1. The van der Waals surface area contributed by atoms with E-state index >= 15 is 0 Å². The maximum Gasteiger partial charge on any atom is 0.409 e. The third-order valence-corrected chi connectivity index (χ3v) is 4.41. The number of nitrogens with zero attached hydrogens (tertiary/aromatic N) is 5. The Kier molecular flexibility index (Phi) is 4.69. The molecule has 27 heavy (non-hydrogen) atoms. The second-order valence-electron chi connectivity index (χ2n) is 6.25. The van der Waals surface area contributed by atoms with E-state index < -0.39 is 0 Å². The van der Waals surface area contributed by atoms with E-state index in [1.807, 2.05) is 35.1 Å². The maximum atomic E-state index is 11.4. The van der Waals surface area contributed by atoms with Crippen LogP contribution in [0.1, 0.15) is 5.56 Å². The normalized spacial score (nSPS) is 13.7. The number of aryl methyl sites for hydroxylation is 1. The molecule has 1 aliphatic heterocycles. The average molecular weight is 364 g/mol. The molecule has 8 nitrogen and oxygen atoms in total. The monoisotopic (exact) mass is 364 g/mol. The van der Waals surface area contributed by atoms with Gasteiger partial charge in [-0.2, -0.15) is 5.10 Å². The summed E-state index contributed by atoms with van der Waals surface area (Å²) in [4.78, 5) is 21.9. The van der Waals surface area contributed by atoms with Crippen LogP contribution in [0.25, 0.3) is 16.9 Å². The molecule has 138 valence electrons. The SMILES string of the molecule is Cc1ccccc1-n1cc(-c2ccnc(NCCN3CCOC3=O)n2)cn1. The van der Waals surface area contributed by atoms with Crippen molar-refractivity contribution in [1.29, 1.82) is 0 Å². The Balaban J connectivity index is 1.45. The van der Waals surface area contributed by atoms with E-state index in [1.54, 1.807) is 17.3 Å². The number of aromatic nitrogens is 4. The highest BCUT2D eigenvalue weighted by molar-refractivity contribution is 5.69. The van der Waals surface area contributed by atoms with E-state index in [0.29, 0.717) is 32.2 Å². The van der Waals surface area contributed by atoms with Gasteiger partial charge in [-0.3, -0.25) is 0 Å². The van der Waals surface area contributed by atoms with Gasteiger partial charge in [-0.15, -0.1) is 0 Å². The molecule has 1 amide bonds. The number of carbonyl (C=O) groups excluding carboxylic acids is 1. The molecule has 1 aromatic carbocycles. The number of nitrogens with one attached hydrogen (secondary N) is 1. The molecular weight excluding hydrogens is 344 g/mol. The molecule has 0 spiro atoms. The molecule has 0 bridgehead atoms. The maximum absolute atomic E-state index is 11.4. The minimum Gasteiger partial charge on any atom is -0.448 e. The summed E-state index contributed by atoms with van der Waals surface area (Å²) >= 11 is 0. The van der Waals surface area contributed by atoms with E-state index in [1.165, 1.54) is 0 Å². The summed E-state index contributed by atoms with van der Waals surface area (Å²) in [7, 11) is 0. The van der Waals surface area contributed by atoms with E-state index in [9.17, 15) is 4.79 Å². The first kappa shape index (κ1) is 17.0. The number of hydrogen-bond donors (Lipinski definition) is 1. The average Bonchev–Trinajstić information content (AvgIpc) is 3.32. The van der Waals surface area contributed by atoms with Crippen LogP contribution in [0.4, 0.5) is 10.7 Å². The molecule has 8 heteroatoms. The van der Waals surface area contributed by atoms with Crippen LogP contribution in [0.3, 0.4) is 0 Å². The second kappa shape index (κ2) is 7.45. The zero-order valence-corrected chi connectivity index (χ0v) is 15.0. The number of cyclic esters (lactones) is 1. The van der Waals surface area contributed by atoms with Crippen molar-refractivity contribution in [3.8, 4) is 16.9 Å². The van der Waals surface area contributed by atoms with Crippen molar-refractivity contribution in [2.45, 2.75) is 6.92 Å². The highest BCUT2D eigenvalue weighted by Gasteiger charge is 2.20. The van der Waals surface area contributed by atoms with E-state index in [0.717, 1.165) is 22.5 Å². The van der Waals surface area contributed by atoms with Gasteiger partial charge in [0.2, 0.25) is 5.95 Å². The van der Waals surface area contributed by atoms with Crippen molar-refractivity contribution in [2.24, 2.45) is 0 Å². The molecule has 0 aliphatic carbocycles. The summed E-state index contributed by atoms with van der Waals surface area (Å²) < 4.78 is 6.76. The largest absolute Gasteiger partial charge is 0.448 e. The van der Waals surface area contributed by atoms with Crippen LogP contribution < -0.4 is 5.32 Å². The number of hydrogen-bond acceptors (Lipinski definition) is 6. The number of carbonyl (C=O) groups is 1. The van der Waals surface area contributed by atoms with Crippen molar-refractivity contribution >= 4 is 12.0 Å². The number of anilines is 1. The second-order valence-corrected chi connectivity index (χ2v) is 6.25. The number of benzene rings is 1. The van der Waals surface area contributed by atoms with Gasteiger partial charge in [0.1, 0.15) is 6.61 Å². The van der Waals surface area contributed by atoms with Gasteiger partial charge in [-0.25, -0.2) is 19.4 Å². The van der Waals surface area contributed by atoms with Crippen LogP contribution in [-0.2, 0) is 4.74 Å². The van der Waals surface area contributed by atoms with Crippen LogP contribution in [0.15, 0.2) is 48.9 Å². The Labute approximate surface area is 156 Å². The molecule has 0 radical (unpaired) electrons. The van der Waals surface area contributed by atoms with Gasteiger partial charge in [0.25, 0.3) is 0 Å². The smallest absolute Gasteiger partial charge is 0.409 e. The fraction of sp³-hybridized carbons (Fsp3) is 0.263.